The molecule has 2 aliphatic heterocycles. The Kier molecular flexibility index (Phi) is 3.03. The minimum absolute atomic E-state index is 0.304. The first-order chi connectivity index (χ1) is 6.77. The smallest absolute Gasteiger partial charge is 0.236 e. The Morgan fingerprint density at radius 1 is 1.36 bits per heavy atom. The summed E-state index contributed by atoms with van der Waals surface area (Å²) in [5, 5.41) is 3.25. The summed E-state index contributed by atoms with van der Waals surface area (Å²) < 4.78 is 0. The molecule has 0 aromatic heterocycles. The van der Waals surface area contributed by atoms with Gasteiger partial charge in [0.25, 0.3) is 0 Å². The van der Waals surface area contributed by atoms with Crippen LogP contribution in [0, 0.1) is 0 Å². The van der Waals surface area contributed by atoms with E-state index in [4.69, 9.17) is 0 Å². The van der Waals surface area contributed by atoms with Crippen molar-refractivity contribution in [3.8, 4) is 0 Å². The molecule has 2 fully saturated rings. The van der Waals surface area contributed by atoms with Gasteiger partial charge in [0.15, 0.2) is 0 Å². The molecule has 1 N–H and O–H groups in total. The Labute approximate surface area is 85.2 Å². The van der Waals surface area contributed by atoms with Crippen LogP contribution < -0.4 is 5.32 Å². The van der Waals surface area contributed by atoms with E-state index in [-0.39, 0.29) is 0 Å². The fourth-order valence-electron chi connectivity index (χ4n) is 1.99. The summed E-state index contributed by atoms with van der Waals surface area (Å²) >= 11 is 0. The van der Waals surface area contributed by atoms with Crippen LogP contribution in [0.25, 0.3) is 0 Å². The van der Waals surface area contributed by atoms with Gasteiger partial charge >= 0.3 is 0 Å². The third-order valence-electron chi connectivity index (χ3n) is 3.27. The lowest BCUT2D eigenvalue weighted by Gasteiger charge is -2.39. The molecule has 80 valence electrons. The van der Waals surface area contributed by atoms with Crippen molar-refractivity contribution in [2.24, 2.45) is 0 Å². The second-order valence-corrected chi connectivity index (χ2v) is 4.24. The number of hydrogen-bond donors (Lipinski definition) is 1. The summed E-state index contributed by atoms with van der Waals surface area (Å²) in [5.41, 5.74) is 0. The number of amides is 1. The predicted octanol–water partition coefficient (Wildman–Crippen LogP) is -0.488. The predicted molar refractivity (Wildman–Crippen MR) is 55.1 cm³/mol. The first-order valence-electron chi connectivity index (χ1n) is 5.50. The van der Waals surface area contributed by atoms with Crippen LogP contribution in [0.3, 0.4) is 0 Å². The third-order valence-corrected chi connectivity index (χ3v) is 3.27. The number of carbonyl (C=O) groups excluding carboxylic acids is 1. The average molecular weight is 197 g/mol. The Morgan fingerprint density at radius 2 is 2.07 bits per heavy atom. The summed E-state index contributed by atoms with van der Waals surface area (Å²) in [6.45, 7) is 7.55. The van der Waals surface area contributed by atoms with Gasteiger partial charge in [-0.05, 0) is 13.3 Å². The first-order valence-corrected chi connectivity index (χ1v) is 5.50. The molecule has 0 spiro atoms. The molecule has 0 aromatic rings. The molecule has 1 amide bonds. The second-order valence-electron chi connectivity index (χ2n) is 4.24. The third kappa shape index (κ3) is 2.07. The monoisotopic (exact) mass is 197 g/mol. The zero-order valence-corrected chi connectivity index (χ0v) is 8.83. The summed E-state index contributed by atoms with van der Waals surface area (Å²) in [6, 6.07) is 0.613. The van der Waals surface area contributed by atoms with Crippen LogP contribution in [0.2, 0.25) is 0 Å². The summed E-state index contributed by atoms with van der Waals surface area (Å²) in [6.07, 6.45) is 1.24. The number of likely N-dealkylation sites (tertiary alicyclic amines) is 1. The molecule has 0 radical (unpaired) electrons. The molecule has 1 atom stereocenters. The van der Waals surface area contributed by atoms with E-state index in [1.165, 1.54) is 6.42 Å². The molecule has 2 heterocycles. The van der Waals surface area contributed by atoms with Crippen molar-refractivity contribution in [3.63, 3.8) is 0 Å². The largest absolute Gasteiger partial charge is 0.339 e. The standard InChI is InChI=1S/C10H19N3O/c1-9-2-5-13(9)8-10(14)12-6-3-11-4-7-12/h9,11H,2-8H2,1H3. The molecule has 14 heavy (non-hydrogen) atoms. The highest BCUT2D eigenvalue weighted by molar-refractivity contribution is 5.78. The van der Waals surface area contributed by atoms with Gasteiger partial charge in [0, 0.05) is 38.8 Å². The van der Waals surface area contributed by atoms with E-state index in [9.17, 15) is 4.79 Å². The average Bonchev–Trinajstić information content (AvgIpc) is 2.24. The minimum atomic E-state index is 0.304. The molecule has 4 heteroatoms. The van der Waals surface area contributed by atoms with Gasteiger partial charge < -0.3 is 10.2 Å². The molecule has 2 aliphatic rings. The van der Waals surface area contributed by atoms with Crippen LogP contribution in [0.1, 0.15) is 13.3 Å². The van der Waals surface area contributed by atoms with E-state index < -0.39 is 0 Å². The molecular formula is C10H19N3O. The van der Waals surface area contributed by atoms with Crippen LogP contribution >= 0.6 is 0 Å². The van der Waals surface area contributed by atoms with Gasteiger partial charge in [0.2, 0.25) is 5.91 Å². The Morgan fingerprint density at radius 3 is 2.57 bits per heavy atom. The molecular weight excluding hydrogens is 178 g/mol. The van der Waals surface area contributed by atoms with Crippen LogP contribution in [-0.2, 0) is 4.79 Å². The van der Waals surface area contributed by atoms with Crippen LogP contribution in [0.15, 0.2) is 0 Å². The van der Waals surface area contributed by atoms with E-state index in [1.54, 1.807) is 0 Å². The topological polar surface area (TPSA) is 35.6 Å². The maximum absolute atomic E-state index is 11.8. The maximum Gasteiger partial charge on any atom is 0.236 e. The second kappa shape index (κ2) is 4.28. The van der Waals surface area contributed by atoms with E-state index in [1.807, 2.05) is 4.90 Å². The molecule has 4 nitrogen and oxygen atoms in total. The molecule has 0 bridgehead atoms. The highest BCUT2D eigenvalue weighted by atomic mass is 16.2. The summed E-state index contributed by atoms with van der Waals surface area (Å²) in [7, 11) is 0. The van der Waals surface area contributed by atoms with Crippen molar-refractivity contribution in [2.75, 3.05) is 39.3 Å². The summed E-state index contributed by atoms with van der Waals surface area (Å²) in [5.74, 6) is 0.304. The Balaban J connectivity index is 1.76. The zero-order valence-electron chi connectivity index (χ0n) is 8.83. The fraction of sp³-hybridized carbons (Fsp3) is 0.900. The SMILES string of the molecule is CC1CCN1CC(=O)N1CCNCC1. The van der Waals surface area contributed by atoms with Crippen molar-refractivity contribution < 1.29 is 4.79 Å². The van der Waals surface area contributed by atoms with Crippen LogP contribution in [0.5, 0.6) is 0 Å². The molecule has 2 saturated heterocycles. The van der Waals surface area contributed by atoms with E-state index in [0.29, 0.717) is 18.5 Å². The van der Waals surface area contributed by atoms with Gasteiger partial charge in [0.1, 0.15) is 0 Å². The highest BCUT2D eigenvalue weighted by Crippen LogP contribution is 2.15. The Bertz CT molecular complexity index is 213. The lowest BCUT2D eigenvalue weighted by atomic mass is 10.1. The van der Waals surface area contributed by atoms with Crippen LogP contribution in [-0.4, -0.2) is 61.0 Å². The maximum atomic E-state index is 11.8. The fourth-order valence-corrected chi connectivity index (χ4v) is 1.99. The number of nitrogens with one attached hydrogen (secondary N) is 1. The first kappa shape index (κ1) is 9.93. The lowest BCUT2D eigenvalue weighted by molar-refractivity contribution is -0.134. The Hall–Kier alpha value is -0.610. The molecule has 0 aliphatic carbocycles. The van der Waals surface area contributed by atoms with E-state index in [2.05, 4.69) is 17.1 Å². The van der Waals surface area contributed by atoms with Gasteiger partial charge in [-0.15, -0.1) is 0 Å². The van der Waals surface area contributed by atoms with E-state index >= 15 is 0 Å². The molecule has 2 rings (SSSR count). The normalized spacial score (nSPS) is 28.6. The van der Waals surface area contributed by atoms with Gasteiger partial charge in [-0.2, -0.15) is 0 Å². The highest BCUT2D eigenvalue weighted by Gasteiger charge is 2.27. The quantitative estimate of drug-likeness (QED) is 0.649. The minimum Gasteiger partial charge on any atom is -0.339 e. The van der Waals surface area contributed by atoms with E-state index in [0.717, 1.165) is 32.7 Å². The van der Waals surface area contributed by atoms with Crippen molar-refractivity contribution in [1.82, 2.24) is 15.1 Å². The zero-order chi connectivity index (χ0) is 9.97. The lowest BCUT2D eigenvalue weighted by Crippen LogP contribution is -2.54. The van der Waals surface area contributed by atoms with Crippen molar-refractivity contribution >= 4 is 5.91 Å². The van der Waals surface area contributed by atoms with Gasteiger partial charge in [-0.1, -0.05) is 0 Å². The number of carbonyl (C=O) groups is 1. The number of nitrogens with zero attached hydrogens (tertiary/aromatic N) is 2. The van der Waals surface area contributed by atoms with Gasteiger partial charge in [-0.3, -0.25) is 9.69 Å². The number of hydrogen-bond acceptors (Lipinski definition) is 3. The van der Waals surface area contributed by atoms with Crippen molar-refractivity contribution in [1.29, 1.82) is 0 Å². The number of rotatable bonds is 2. The molecule has 0 saturated carbocycles. The molecule has 1 unspecified atom stereocenters. The van der Waals surface area contributed by atoms with Gasteiger partial charge in [-0.25, -0.2) is 0 Å². The van der Waals surface area contributed by atoms with Crippen LogP contribution in [0.4, 0.5) is 0 Å². The van der Waals surface area contributed by atoms with Gasteiger partial charge in [0.05, 0.1) is 6.54 Å². The molecule has 0 aromatic carbocycles. The summed E-state index contributed by atoms with van der Waals surface area (Å²) in [4.78, 5) is 16.0. The van der Waals surface area contributed by atoms with Crippen molar-refractivity contribution in [2.45, 2.75) is 19.4 Å². The number of piperazine rings is 1. The van der Waals surface area contributed by atoms with Crippen molar-refractivity contribution in [3.05, 3.63) is 0 Å².